The number of hydrogen-bond donors (Lipinski definition) is 0. The molecule has 140 valence electrons. The van der Waals surface area contributed by atoms with E-state index in [4.69, 9.17) is 14.2 Å². The van der Waals surface area contributed by atoms with Gasteiger partial charge in [0.25, 0.3) is 0 Å². The van der Waals surface area contributed by atoms with Crippen molar-refractivity contribution in [2.45, 2.75) is 0 Å². The van der Waals surface area contributed by atoms with Crippen LogP contribution in [0.5, 0.6) is 17.2 Å². The van der Waals surface area contributed by atoms with Crippen LogP contribution in [0.15, 0.2) is 66.7 Å². The van der Waals surface area contributed by atoms with E-state index in [1.54, 1.807) is 19.2 Å². The summed E-state index contributed by atoms with van der Waals surface area (Å²) in [5, 5.41) is 0.958. The number of hydrogen-bond acceptors (Lipinski definition) is 4. The molecule has 0 spiro atoms. The zero-order chi connectivity index (χ0) is 19.2. The molecule has 0 aliphatic heterocycles. The minimum atomic E-state index is -0.0428. The van der Waals surface area contributed by atoms with Gasteiger partial charge >= 0.3 is 18.9 Å². The molecular weight excluding hydrogens is 366 g/mol. The average Bonchev–Trinajstić information content (AvgIpc) is 2.73. The quantitative estimate of drug-likeness (QED) is 0.456. The standard InChI is InChI=1S/C22H21O4P.Li.H/c1-24-17-13-19(25-2)21(20(14-17)26-3)22(23)27-18-11-9-16(10-12-18)15-7-5-4-6-8-15;;/h4-14,27H,1-3H3;;/q;+1;-1. The molecule has 0 saturated carbocycles. The van der Waals surface area contributed by atoms with Crippen molar-refractivity contribution in [2.24, 2.45) is 0 Å². The molecular formula is C22H22LiO4P. The molecule has 0 aliphatic rings. The first-order valence-corrected chi connectivity index (χ1v) is 9.43. The van der Waals surface area contributed by atoms with Crippen LogP contribution in [0.4, 0.5) is 0 Å². The first-order valence-electron chi connectivity index (χ1n) is 8.43. The van der Waals surface area contributed by atoms with Gasteiger partial charge < -0.3 is 15.6 Å². The Labute approximate surface area is 180 Å². The summed E-state index contributed by atoms with van der Waals surface area (Å²) >= 11 is 0. The van der Waals surface area contributed by atoms with Gasteiger partial charge in [-0.05, 0) is 25.0 Å². The molecule has 0 amide bonds. The summed E-state index contributed by atoms with van der Waals surface area (Å²) in [6, 6.07) is 21.6. The van der Waals surface area contributed by atoms with Gasteiger partial charge in [0.15, 0.2) is 5.52 Å². The maximum atomic E-state index is 12.9. The van der Waals surface area contributed by atoms with E-state index >= 15 is 0 Å². The summed E-state index contributed by atoms with van der Waals surface area (Å²) in [6.07, 6.45) is 0. The molecule has 0 saturated heterocycles. The predicted molar refractivity (Wildman–Crippen MR) is 111 cm³/mol. The fraction of sp³-hybridized carbons (Fsp3) is 0.136. The summed E-state index contributed by atoms with van der Waals surface area (Å²) in [7, 11) is 4.59. The number of benzene rings is 3. The molecule has 0 N–H and O–H groups in total. The molecule has 0 fully saturated rings. The summed E-state index contributed by atoms with van der Waals surface area (Å²) in [6.45, 7) is 0. The Morgan fingerprint density at radius 2 is 1.32 bits per heavy atom. The number of ether oxygens (including phenoxy) is 3. The maximum Gasteiger partial charge on any atom is 1.00 e. The van der Waals surface area contributed by atoms with Gasteiger partial charge in [-0.3, -0.25) is 4.79 Å². The van der Waals surface area contributed by atoms with Gasteiger partial charge in [0, 0.05) is 12.1 Å². The topological polar surface area (TPSA) is 44.8 Å². The van der Waals surface area contributed by atoms with Gasteiger partial charge in [0.1, 0.15) is 22.8 Å². The van der Waals surface area contributed by atoms with Crippen LogP contribution >= 0.6 is 8.58 Å². The summed E-state index contributed by atoms with van der Waals surface area (Å²) < 4.78 is 16.0. The van der Waals surface area contributed by atoms with Crippen LogP contribution in [-0.2, 0) is 0 Å². The zero-order valence-corrected chi connectivity index (χ0v) is 17.5. The van der Waals surface area contributed by atoms with Crippen molar-refractivity contribution in [3.8, 4) is 28.4 Å². The second-order valence-corrected chi connectivity index (χ2v) is 7.09. The minimum absolute atomic E-state index is 0. The summed E-state index contributed by atoms with van der Waals surface area (Å²) in [5.41, 5.74) is 2.67. The second kappa shape index (κ2) is 10.3. The van der Waals surface area contributed by atoms with Crippen molar-refractivity contribution in [1.82, 2.24) is 0 Å². The van der Waals surface area contributed by atoms with Crippen LogP contribution in [0.2, 0.25) is 0 Å². The molecule has 28 heavy (non-hydrogen) atoms. The third kappa shape index (κ3) is 4.97. The first kappa shape index (κ1) is 22.1. The van der Waals surface area contributed by atoms with Gasteiger partial charge in [-0.25, -0.2) is 0 Å². The largest absolute Gasteiger partial charge is 1.00 e. The van der Waals surface area contributed by atoms with Crippen molar-refractivity contribution in [3.05, 3.63) is 72.3 Å². The van der Waals surface area contributed by atoms with Crippen molar-refractivity contribution < 1.29 is 39.3 Å². The molecule has 4 nitrogen and oxygen atoms in total. The average molecular weight is 388 g/mol. The Balaban J connectivity index is 0.00000210. The van der Waals surface area contributed by atoms with Gasteiger partial charge in [-0.15, -0.1) is 0 Å². The Kier molecular flexibility index (Phi) is 8.14. The normalized spacial score (nSPS) is 10.4. The Morgan fingerprint density at radius 3 is 1.82 bits per heavy atom. The van der Waals surface area contributed by atoms with Crippen LogP contribution in [0.1, 0.15) is 11.8 Å². The van der Waals surface area contributed by atoms with E-state index in [0.29, 0.717) is 22.8 Å². The Morgan fingerprint density at radius 1 is 0.786 bits per heavy atom. The first-order chi connectivity index (χ1) is 13.2. The molecule has 3 aromatic carbocycles. The smallest absolute Gasteiger partial charge is 1.00 e. The van der Waals surface area contributed by atoms with E-state index < -0.39 is 0 Å². The molecule has 0 aromatic heterocycles. The van der Waals surface area contributed by atoms with E-state index in [1.165, 1.54) is 14.2 Å². The minimum Gasteiger partial charge on any atom is -1.00 e. The molecule has 6 heteroatoms. The second-order valence-electron chi connectivity index (χ2n) is 5.80. The van der Waals surface area contributed by atoms with E-state index in [-0.39, 0.29) is 34.4 Å². The third-order valence-electron chi connectivity index (χ3n) is 4.19. The molecule has 0 aliphatic carbocycles. The van der Waals surface area contributed by atoms with E-state index in [9.17, 15) is 4.79 Å². The molecule has 0 bridgehead atoms. The van der Waals surface area contributed by atoms with Gasteiger partial charge in [0.05, 0.1) is 21.3 Å². The van der Waals surface area contributed by atoms with Crippen molar-refractivity contribution in [2.75, 3.05) is 21.3 Å². The maximum absolute atomic E-state index is 12.9. The monoisotopic (exact) mass is 388 g/mol. The molecule has 0 heterocycles. The van der Waals surface area contributed by atoms with Crippen LogP contribution < -0.4 is 38.4 Å². The summed E-state index contributed by atoms with van der Waals surface area (Å²) in [5.74, 6) is 1.48. The Bertz CT molecular complexity index is 908. The third-order valence-corrected chi connectivity index (χ3v) is 5.29. The fourth-order valence-corrected chi connectivity index (χ4v) is 3.77. The SMILES string of the molecule is COc1cc(OC)c(C(=O)Pc2ccc(-c3ccccc3)cc2)c(OC)c1.[H-].[Li+]. The molecule has 1 unspecified atom stereocenters. The molecule has 1 atom stereocenters. The Hall–Kier alpha value is -2.24. The van der Waals surface area contributed by atoms with Crippen molar-refractivity contribution in [1.29, 1.82) is 0 Å². The predicted octanol–water partition coefficient (Wildman–Crippen LogP) is 1.64. The van der Waals surface area contributed by atoms with Crippen LogP contribution in [0, 0.1) is 0 Å². The van der Waals surface area contributed by atoms with Crippen molar-refractivity contribution >= 4 is 19.4 Å². The number of rotatable bonds is 7. The van der Waals surface area contributed by atoms with Gasteiger partial charge in [0.2, 0.25) is 0 Å². The van der Waals surface area contributed by atoms with Gasteiger partial charge in [-0.1, -0.05) is 54.6 Å². The van der Waals surface area contributed by atoms with E-state index in [1.807, 2.05) is 42.5 Å². The molecule has 3 rings (SSSR count). The molecule has 0 radical (unpaired) electrons. The van der Waals surface area contributed by atoms with E-state index in [0.717, 1.165) is 16.4 Å². The van der Waals surface area contributed by atoms with Crippen LogP contribution in [-0.4, -0.2) is 26.9 Å². The summed E-state index contributed by atoms with van der Waals surface area (Å²) in [4.78, 5) is 12.9. The van der Waals surface area contributed by atoms with Gasteiger partial charge in [-0.2, -0.15) is 0 Å². The fourth-order valence-electron chi connectivity index (χ4n) is 2.80. The van der Waals surface area contributed by atoms with Crippen LogP contribution in [0.25, 0.3) is 11.1 Å². The number of carbonyl (C=O) groups excluding carboxylic acids is 1. The number of methoxy groups -OCH3 is 3. The van der Waals surface area contributed by atoms with E-state index in [2.05, 4.69) is 12.1 Å². The van der Waals surface area contributed by atoms with Crippen LogP contribution in [0.3, 0.4) is 0 Å². The number of carbonyl (C=O) groups is 1. The van der Waals surface area contributed by atoms with Crippen molar-refractivity contribution in [3.63, 3.8) is 0 Å². The molecule has 3 aromatic rings. The zero-order valence-electron chi connectivity index (χ0n) is 17.5.